The Balaban J connectivity index is 2.85. The van der Waals surface area contributed by atoms with Gasteiger partial charge in [0, 0.05) is 0 Å². The van der Waals surface area contributed by atoms with Crippen molar-refractivity contribution in [3.05, 3.63) is 51.6 Å². The first-order valence-electron chi connectivity index (χ1n) is 6.66. The predicted octanol–water partition coefficient (Wildman–Crippen LogP) is 4.80. The molecule has 20 heavy (non-hydrogen) atoms. The summed E-state index contributed by atoms with van der Waals surface area (Å²) in [6.45, 7) is 11.1. The quantitative estimate of drug-likeness (QED) is 0.374. The molecule has 0 atom stereocenters. The fourth-order valence-corrected chi connectivity index (χ4v) is 3.75. The van der Waals surface area contributed by atoms with E-state index in [1.165, 1.54) is 4.44 Å². The molecule has 0 radical (unpaired) electrons. The van der Waals surface area contributed by atoms with Gasteiger partial charge in [-0.1, -0.05) is 0 Å². The van der Waals surface area contributed by atoms with Gasteiger partial charge in [0.2, 0.25) is 0 Å². The van der Waals surface area contributed by atoms with Crippen molar-refractivity contribution in [1.82, 2.24) is 0 Å². The van der Waals surface area contributed by atoms with Gasteiger partial charge in [-0.15, -0.1) is 0 Å². The van der Waals surface area contributed by atoms with Gasteiger partial charge < -0.3 is 0 Å². The molecule has 0 N–H and O–H groups in total. The number of allylic oxidation sites excluding steroid dienone is 3. The van der Waals surface area contributed by atoms with E-state index in [1.54, 1.807) is 6.92 Å². The molecule has 0 aliphatic heterocycles. The van der Waals surface area contributed by atoms with E-state index in [0.29, 0.717) is 0 Å². The Hall–Kier alpha value is -1.12. The van der Waals surface area contributed by atoms with E-state index in [2.05, 4.69) is 20.1 Å². The third kappa shape index (κ3) is 4.46. The molecule has 0 spiro atoms. The van der Waals surface area contributed by atoms with Crippen LogP contribution in [0.2, 0.25) is 0 Å². The second kappa shape index (κ2) is 8.23. The van der Waals surface area contributed by atoms with Crippen molar-refractivity contribution in [2.45, 2.75) is 33.1 Å². The number of halogens is 2. The van der Waals surface area contributed by atoms with E-state index in [-0.39, 0.29) is 32.4 Å². The minimum absolute atomic E-state index is 0.0385. The molecule has 4 heteroatoms. The van der Waals surface area contributed by atoms with Crippen molar-refractivity contribution in [2.24, 2.45) is 0 Å². The van der Waals surface area contributed by atoms with Gasteiger partial charge in [0.25, 0.3) is 0 Å². The van der Waals surface area contributed by atoms with Crippen LogP contribution in [0.5, 0.6) is 0 Å². The average molecular weight is 345 g/mol. The zero-order chi connectivity index (χ0) is 15.1. The summed E-state index contributed by atoms with van der Waals surface area (Å²) >= 11 is 0.0385. The van der Waals surface area contributed by atoms with Crippen LogP contribution in [0.25, 0.3) is 5.57 Å². The van der Waals surface area contributed by atoms with Gasteiger partial charge >= 0.3 is 125 Å². The van der Waals surface area contributed by atoms with Crippen LogP contribution in [0.4, 0.5) is 8.78 Å². The van der Waals surface area contributed by atoms with Crippen molar-refractivity contribution in [3.63, 3.8) is 0 Å². The van der Waals surface area contributed by atoms with Gasteiger partial charge in [0.1, 0.15) is 0 Å². The molecule has 0 saturated carbocycles. The van der Waals surface area contributed by atoms with Gasteiger partial charge in [-0.05, 0) is 0 Å². The summed E-state index contributed by atoms with van der Waals surface area (Å²) in [6.07, 6.45) is 3.26. The van der Waals surface area contributed by atoms with Crippen LogP contribution in [0.3, 0.4) is 0 Å². The number of ether oxygens (including phenoxy) is 1. The molecule has 110 valence electrons. The molecule has 0 saturated heterocycles. The SMILES string of the molecule is C=C(OCC)/C(F)=C(/F)C(=C)c1ccc(CCCC)[se]1. The third-order valence-electron chi connectivity index (χ3n) is 2.76. The van der Waals surface area contributed by atoms with E-state index < -0.39 is 11.7 Å². The third-order valence-corrected chi connectivity index (χ3v) is 5.28. The fraction of sp³-hybridized carbons (Fsp3) is 0.375. The zero-order valence-corrected chi connectivity index (χ0v) is 13.7. The molecule has 1 heterocycles. The second-order valence-electron chi connectivity index (χ2n) is 4.33. The first-order valence-corrected chi connectivity index (χ1v) is 8.38. The van der Waals surface area contributed by atoms with E-state index in [0.717, 1.165) is 23.7 Å². The van der Waals surface area contributed by atoms with Crippen molar-refractivity contribution in [3.8, 4) is 0 Å². The Morgan fingerprint density at radius 1 is 1.20 bits per heavy atom. The van der Waals surface area contributed by atoms with Crippen LogP contribution in [-0.2, 0) is 11.2 Å². The fourth-order valence-electron chi connectivity index (χ4n) is 1.63. The Morgan fingerprint density at radius 3 is 2.50 bits per heavy atom. The van der Waals surface area contributed by atoms with Crippen LogP contribution in [0.15, 0.2) is 42.7 Å². The summed E-state index contributed by atoms with van der Waals surface area (Å²) in [4.78, 5) is 0. The van der Waals surface area contributed by atoms with Crippen LogP contribution in [0, 0.1) is 0 Å². The number of aryl methyl sites for hydroxylation is 1. The van der Waals surface area contributed by atoms with Gasteiger partial charge in [-0.25, -0.2) is 0 Å². The van der Waals surface area contributed by atoms with Crippen molar-refractivity contribution >= 4 is 20.1 Å². The summed E-state index contributed by atoms with van der Waals surface area (Å²) in [7, 11) is 0. The molecule has 0 amide bonds. The summed E-state index contributed by atoms with van der Waals surface area (Å²) in [5.74, 6) is -2.31. The summed E-state index contributed by atoms with van der Waals surface area (Å²) in [6, 6.07) is 3.84. The molecule has 0 unspecified atom stereocenters. The first kappa shape index (κ1) is 16.9. The Kier molecular flexibility index (Phi) is 6.97. The normalized spacial score (nSPS) is 12.0. The number of rotatable bonds is 8. The molecule has 0 aliphatic carbocycles. The molecule has 1 aromatic rings. The Bertz CT molecular complexity index is 514. The van der Waals surface area contributed by atoms with E-state index in [9.17, 15) is 8.78 Å². The topological polar surface area (TPSA) is 9.23 Å². The van der Waals surface area contributed by atoms with Crippen LogP contribution >= 0.6 is 0 Å². The molecule has 0 fully saturated rings. The maximum atomic E-state index is 14.0. The van der Waals surface area contributed by atoms with E-state index in [4.69, 9.17) is 4.74 Å². The summed E-state index contributed by atoms with van der Waals surface area (Å²) < 4.78 is 34.7. The summed E-state index contributed by atoms with van der Waals surface area (Å²) in [5.41, 5.74) is 0.103. The van der Waals surface area contributed by atoms with Crippen molar-refractivity contribution in [2.75, 3.05) is 6.61 Å². The van der Waals surface area contributed by atoms with Gasteiger partial charge in [0.05, 0.1) is 0 Å². The van der Waals surface area contributed by atoms with Crippen molar-refractivity contribution in [1.29, 1.82) is 0 Å². The monoisotopic (exact) mass is 346 g/mol. The Morgan fingerprint density at radius 2 is 1.90 bits per heavy atom. The van der Waals surface area contributed by atoms with Crippen molar-refractivity contribution < 1.29 is 13.5 Å². The first-order chi connectivity index (χ1) is 9.51. The van der Waals surface area contributed by atoms with Gasteiger partial charge in [-0.3, -0.25) is 0 Å². The van der Waals surface area contributed by atoms with Crippen LogP contribution in [0.1, 0.15) is 35.6 Å². The Labute approximate surface area is 125 Å². The molecular formula is C16H20F2OSe. The average Bonchev–Trinajstić information content (AvgIpc) is 2.91. The van der Waals surface area contributed by atoms with E-state index in [1.807, 2.05) is 12.1 Å². The molecule has 0 bridgehead atoms. The van der Waals surface area contributed by atoms with Gasteiger partial charge in [0.15, 0.2) is 0 Å². The molecule has 1 aromatic heterocycles. The predicted molar refractivity (Wildman–Crippen MR) is 81.0 cm³/mol. The zero-order valence-electron chi connectivity index (χ0n) is 12.0. The summed E-state index contributed by atoms with van der Waals surface area (Å²) in [5, 5.41) is 0. The van der Waals surface area contributed by atoms with Gasteiger partial charge in [-0.2, -0.15) is 0 Å². The molecule has 0 aliphatic rings. The number of hydrogen-bond donors (Lipinski definition) is 0. The number of hydrogen-bond acceptors (Lipinski definition) is 1. The van der Waals surface area contributed by atoms with Crippen LogP contribution < -0.4 is 0 Å². The number of unbranched alkanes of at least 4 members (excludes halogenated alkanes) is 1. The standard InChI is InChI=1S/C16H20F2OSe/c1-5-7-8-13-9-10-14(20-13)11(3)15(17)16(18)12(4)19-6-2/h9-10H,3-8H2,1-2H3/b16-15-. The van der Waals surface area contributed by atoms with E-state index >= 15 is 0 Å². The minimum atomic E-state index is -1.06. The molecular weight excluding hydrogens is 325 g/mol. The molecule has 0 aromatic carbocycles. The second-order valence-corrected chi connectivity index (χ2v) is 6.78. The van der Waals surface area contributed by atoms with Crippen LogP contribution in [-0.4, -0.2) is 21.1 Å². The molecule has 1 nitrogen and oxygen atoms in total. The molecule has 1 rings (SSSR count). The maximum absolute atomic E-state index is 14.0.